The van der Waals surface area contributed by atoms with E-state index in [-0.39, 0.29) is 0 Å². The Hall–Kier alpha value is -0.260. The van der Waals surface area contributed by atoms with Gasteiger partial charge in [0, 0.05) is 0 Å². The number of allylic oxidation sites excluding steroid dienone is 2. The van der Waals surface area contributed by atoms with Crippen LogP contribution >= 0.6 is 0 Å². The molecule has 0 spiro atoms. The Balaban J connectivity index is 3.87. The topological polar surface area (TPSA) is 0 Å². The van der Waals surface area contributed by atoms with Gasteiger partial charge in [-0.1, -0.05) is 99.6 Å². The molecule has 0 saturated carbocycles. The molecule has 28 heavy (non-hydrogen) atoms. The minimum Gasteiger partial charge on any atom is -0.0885 e. The Morgan fingerprint density at radius 2 is 1.00 bits per heavy atom. The van der Waals surface area contributed by atoms with Gasteiger partial charge in [-0.15, -0.1) is 0 Å². The summed E-state index contributed by atoms with van der Waals surface area (Å²) in [5, 5.41) is 0. The summed E-state index contributed by atoms with van der Waals surface area (Å²) in [6, 6.07) is 0. The SMILES string of the molecule is CCCC[C@H](C)C[C@H](C)C/C=C/CC[C@H](C)C[C@@H](C)C[C@H](C)C[C@@H](C)CCC. The summed E-state index contributed by atoms with van der Waals surface area (Å²) in [6.07, 6.45) is 21.4. The Kier molecular flexibility index (Phi) is 17.4. The van der Waals surface area contributed by atoms with Crippen LogP contribution in [0.5, 0.6) is 0 Å². The third kappa shape index (κ3) is 16.7. The van der Waals surface area contributed by atoms with Crippen molar-refractivity contribution in [3.63, 3.8) is 0 Å². The second-order valence-electron chi connectivity index (χ2n) is 10.8. The van der Waals surface area contributed by atoms with Crippen LogP contribution in [0.3, 0.4) is 0 Å². The second-order valence-corrected chi connectivity index (χ2v) is 10.8. The number of rotatable bonds is 18. The van der Waals surface area contributed by atoms with Crippen LogP contribution in [0.15, 0.2) is 12.2 Å². The zero-order chi connectivity index (χ0) is 21.4. The van der Waals surface area contributed by atoms with E-state index in [1.165, 1.54) is 77.0 Å². The molecule has 0 N–H and O–H groups in total. The van der Waals surface area contributed by atoms with Gasteiger partial charge >= 0.3 is 0 Å². The number of unbranched alkanes of at least 4 members (excludes halogenated alkanes) is 1. The Labute approximate surface area is 180 Å². The van der Waals surface area contributed by atoms with E-state index in [0.717, 1.165) is 35.5 Å². The molecule has 168 valence electrons. The van der Waals surface area contributed by atoms with Crippen molar-refractivity contribution in [2.45, 2.75) is 132 Å². The maximum absolute atomic E-state index is 2.48. The molecule has 0 nitrogen and oxygen atoms in total. The van der Waals surface area contributed by atoms with E-state index in [1.807, 2.05) is 0 Å². The average molecular weight is 393 g/mol. The lowest BCUT2D eigenvalue weighted by Crippen LogP contribution is -2.10. The highest BCUT2D eigenvalue weighted by Crippen LogP contribution is 2.27. The molecule has 0 saturated heterocycles. The van der Waals surface area contributed by atoms with Crippen LogP contribution in [0.2, 0.25) is 0 Å². The van der Waals surface area contributed by atoms with E-state index in [2.05, 4.69) is 67.5 Å². The molecule has 0 radical (unpaired) electrons. The lowest BCUT2D eigenvalue weighted by Gasteiger charge is -2.22. The molecule has 0 unspecified atom stereocenters. The van der Waals surface area contributed by atoms with E-state index in [1.54, 1.807) is 0 Å². The molecule has 0 bridgehead atoms. The predicted octanol–water partition coefficient (Wildman–Crippen LogP) is 10.1. The third-order valence-corrected chi connectivity index (χ3v) is 6.58. The summed E-state index contributed by atoms with van der Waals surface area (Å²) in [5.74, 6) is 5.30. The summed E-state index contributed by atoms with van der Waals surface area (Å²) in [4.78, 5) is 0. The van der Waals surface area contributed by atoms with Crippen LogP contribution in [0.25, 0.3) is 0 Å². The Morgan fingerprint density at radius 3 is 1.57 bits per heavy atom. The molecule has 6 atom stereocenters. The van der Waals surface area contributed by atoms with Crippen LogP contribution in [-0.2, 0) is 0 Å². The monoisotopic (exact) mass is 392 g/mol. The van der Waals surface area contributed by atoms with Gasteiger partial charge in [0.25, 0.3) is 0 Å². The van der Waals surface area contributed by atoms with Crippen LogP contribution in [0, 0.1) is 35.5 Å². The first-order chi connectivity index (χ1) is 13.3. The molecule has 0 amide bonds. The molecule has 0 rings (SSSR count). The fraction of sp³-hybridized carbons (Fsp3) is 0.929. The molecule has 0 aromatic heterocycles. The first-order valence-electron chi connectivity index (χ1n) is 12.9. The van der Waals surface area contributed by atoms with Crippen molar-refractivity contribution in [3.8, 4) is 0 Å². The largest absolute Gasteiger partial charge is 0.0885 e. The van der Waals surface area contributed by atoms with Gasteiger partial charge in [-0.25, -0.2) is 0 Å². The van der Waals surface area contributed by atoms with E-state index in [9.17, 15) is 0 Å². The van der Waals surface area contributed by atoms with Gasteiger partial charge in [-0.05, 0) is 80.5 Å². The van der Waals surface area contributed by atoms with Crippen LogP contribution in [0.4, 0.5) is 0 Å². The van der Waals surface area contributed by atoms with E-state index < -0.39 is 0 Å². The van der Waals surface area contributed by atoms with Crippen molar-refractivity contribution in [1.29, 1.82) is 0 Å². The maximum Gasteiger partial charge on any atom is -0.0325 e. The van der Waals surface area contributed by atoms with Crippen molar-refractivity contribution in [2.24, 2.45) is 35.5 Å². The van der Waals surface area contributed by atoms with Gasteiger partial charge < -0.3 is 0 Å². The molecule has 0 heteroatoms. The van der Waals surface area contributed by atoms with Crippen LogP contribution in [0.1, 0.15) is 132 Å². The van der Waals surface area contributed by atoms with Crippen molar-refractivity contribution >= 4 is 0 Å². The second kappa shape index (κ2) is 17.6. The molecule has 0 aromatic carbocycles. The van der Waals surface area contributed by atoms with E-state index in [0.29, 0.717) is 0 Å². The summed E-state index contributed by atoms with van der Waals surface area (Å²) in [6.45, 7) is 19.3. The van der Waals surface area contributed by atoms with Crippen molar-refractivity contribution in [1.82, 2.24) is 0 Å². The fourth-order valence-corrected chi connectivity index (χ4v) is 5.26. The summed E-state index contributed by atoms with van der Waals surface area (Å²) >= 11 is 0. The van der Waals surface area contributed by atoms with Gasteiger partial charge in [-0.2, -0.15) is 0 Å². The first kappa shape index (κ1) is 27.7. The lowest BCUT2D eigenvalue weighted by atomic mass is 9.84. The zero-order valence-corrected chi connectivity index (χ0v) is 21.1. The first-order valence-corrected chi connectivity index (χ1v) is 12.9. The maximum atomic E-state index is 2.48. The van der Waals surface area contributed by atoms with Gasteiger partial charge in [0.1, 0.15) is 0 Å². The molecular weight excluding hydrogens is 336 g/mol. The number of hydrogen-bond acceptors (Lipinski definition) is 0. The summed E-state index contributed by atoms with van der Waals surface area (Å²) in [7, 11) is 0. The van der Waals surface area contributed by atoms with Crippen LogP contribution < -0.4 is 0 Å². The Morgan fingerprint density at radius 1 is 0.500 bits per heavy atom. The molecule has 0 heterocycles. The minimum atomic E-state index is 0.845. The summed E-state index contributed by atoms with van der Waals surface area (Å²) in [5.41, 5.74) is 0. The van der Waals surface area contributed by atoms with Crippen molar-refractivity contribution in [2.75, 3.05) is 0 Å². The third-order valence-electron chi connectivity index (χ3n) is 6.58. The zero-order valence-electron chi connectivity index (χ0n) is 21.1. The normalized spacial score (nSPS) is 18.7. The van der Waals surface area contributed by atoms with E-state index in [4.69, 9.17) is 0 Å². The standard InChI is InChI=1S/C28H56/c1-9-11-16-24(4)19-25(5)17-13-12-14-18-26(6)21-28(8)22-27(7)20-23(3)15-10-2/h12-13,23-28H,9-11,14-22H2,1-8H3/b13-12+/t23-,24-,25+,26-,27+,28+/m0/s1. The van der Waals surface area contributed by atoms with Gasteiger partial charge in [0.2, 0.25) is 0 Å². The van der Waals surface area contributed by atoms with Gasteiger partial charge in [0.05, 0.1) is 0 Å². The number of hydrogen-bond donors (Lipinski definition) is 0. The highest BCUT2D eigenvalue weighted by molar-refractivity contribution is 4.84. The fourth-order valence-electron chi connectivity index (χ4n) is 5.26. The molecular formula is C28H56. The van der Waals surface area contributed by atoms with Crippen molar-refractivity contribution < 1.29 is 0 Å². The van der Waals surface area contributed by atoms with E-state index >= 15 is 0 Å². The lowest BCUT2D eigenvalue weighted by molar-refractivity contribution is 0.296. The van der Waals surface area contributed by atoms with Gasteiger partial charge in [0.15, 0.2) is 0 Å². The molecule has 0 aliphatic carbocycles. The average Bonchev–Trinajstić information content (AvgIpc) is 2.59. The minimum absolute atomic E-state index is 0.845. The highest BCUT2D eigenvalue weighted by Gasteiger charge is 2.14. The van der Waals surface area contributed by atoms with Gasteiger partial charge in [-0.3, -0.25) is 0 Å². The van der Waals surface area contributed by atoms with Crippen molar-refractivity contribution in [3.05, 3.63) is 12.2 Å². The highest BCUT2D eigenvalue weighted by atomic mass is 14.2. The van der Waals surface area contributed by atoms with Crippen LogP contribution in [-0.4, -0.2) is 0 Å². The predicted molar refractivity (Wildman–Crippen MR) is 131 cm³/mol. The smallest absolute Gasteiger partial charge is 0.0325 e. The molecule has 0 aromatic rings. The molecule has 0 aliphatic rings. The summed E-state index contributed by atoms with van der Waals surface area (Å²) < 4.78 is 0. The molecule has 0 fully saturated rings. The Bertz CT molecular complexity index is 355. The quantitative estimate of drug-likeness (QED) is 0.203. The molecule has 0 aliphatic heterocycles.